The highest BCUT2D eigenvalue weighted by Gasteiger charge is 2.39. The van der Waals surface area contributed by atoms with E-state index < -0.39 is 0 Å². The van der Waals surface area contributed by atoms with E-state index in [2.05, 4.69) is 17.4 Å². The molecule has 0 amide bonds. The summed E-state index contributed by atoms with van der Waals surface area (Å²) in [5, 5.41) is 15.2. The first kappa shape index (κ1) is 12.9. The quantitative estimate of drug-likeness (QED) is 0.312. The second-order valence-corrected chi connectivity index (χ2v) is 5.14. The topological polar surface area (TPSA) is 70.6 Å². The van der Waals surface area contributed by atoms with Crippen LogP contribution in [0.1, 0.15) is 37.3 Å². The molecule has 0 heterocycles. The summed E-state index contributed by atoms with van der Waals surface area (Å²) in [6.07, 6.45) is 3.95. The predicted molar refractivity (Wildman–Crippen MR) is 72.6 cm³/mol. The molecule has 0 radical (unpaired) electrons. The van der Waals surface area contributed by atoms with Crippen molar-refractivity contribution in [3.63, 3.8) is 0 Å². The van der Waals surface area contributed by atoms with Gasteiger partial charge >= 0.3 is 0 Å². The summed E-state index contributed by atoms with van der Waals surface area (Å²) in [7, 11) is 0. The fraction of sp³-hybridized carbons (Fsp3) is 0.500. The molecule has 0 unspecified atom stereocenters. The largest absolute Gasteiger partial charge is 0.409 e. The number of hydrogen-bond donors (Lipinski definition) is 3. The maximum absolute atomic E-state index is 8.65. The maximum Gasteiger partial charge on any atom is 0.170 e. The van der Waals surface area contributed by atoms with Gasteiger partial charge in [0, 0.05) is 18.7 Å². The van der Waals surface area contributed by atoms with E-state index in [1.54, 1.807) is 0 Å². The zero-order chi connectivity index (χ0) is 13.0. The Bertz CT molecular complexity index is 438. The van der Waals surface area contributed by atoms with Crippen molar-refractivity contribution in [2.24, 2.45) is 16.3 Å². The van der Waals surface area contributed by atoms with E-state index in [-0.39, 0.29) is 5.84 Å². The predicted octanol–water partition coefficient (Wildman–Crippen LogP) is 2.06. The maximum atomic E-state index is 8.65. The zero-order valence-corrected chi connectivity index (χ0v) is 10.8. The average Bonchev–Trinajstić information content (AvgIpc) is 3.19. The van der Waals surface area contributed by atoms with Gasteiger partial charge in [-0.2, -0.15) is 0 Å². The first-order valence-electron chi connectivity index (χ1n) is 6.47. The van der Waals surface area contributed by atoms with Crippen LogP contribution >= 0.6 is 0 Å². The molecule has 1 aliphatic rings. The van der Waals surface area contributed by atoms with E-state index >= 15 is 0 Å². The van der Waals surface area contributed by atoms with Crippen molar-refractivity contribution in [3.8, 4) is 0 Å². The van der Waals surface area contributed by atoms with Gasteiger partial charge in [-0.25, -0.2) is 0 Å². The number of hydrogen-bond acceptors (Lipinski definition) is 3. The Morgan fingerprint density at radius 2 is 2.28 bits per heavy atom. The van der Waals surface area contributed by atoms with Crippen molar-refractivity contribution in [3.05, 3.63) is 35.4 Å². The van der Waals surface area contributed by atoms with Gasteiger partial charge in [-0.1, -0.05) is 30.3 Å². The number of amidine groups is 1. The van der Waals surface area contributed by atoms with Crippen molar-refractivity contribution < 1.29 is 5.21 Å². The Labute approximate surface area is 108 Å². The van der Waals surface area contributed by atoms with Crippen LogP contribution in [0.25, 0.3) is 0 Å². The monoisotopic (exact) mass is 247 g/mol. The van der Waals surface area contributed by atoms with Crippen LogP contribution in [-0.2, 0) is 6.54 Å². The lowest BCUT2D eigenvalue weighted by molar-refractivity contribution is 0.318. The Morgan fingerprint density at radius 1 is 1.50 bits per heavy atom. The van der Waals surface area contributed by atoms with Gasteiger partial charge in [0.1, 0.15) is 0 Å². The number of benzene rings is 1. The van der Waals surface area contributed by atoms with Crippen LogP contribution in [0.3, 0.4) is 0 Å². The minimum atomic E-state index is 0.157. The molecule has 0 spiro atoms. The Hall–Kier alpha value is -1.55. The molecular formula is C14H21N3O. The fourth-order valence-electron chi connectivity index (χ4n) is 2.20. The van der Waals surface area contributed by atoms with E-state index in [0.717, 1.165) is 24.2 Å². The number of nitrogens with zero attached hydrogens (tertiary/aromatic N) is 1. The molecule has 1 saturated carbocycles. The van der Waals surface area contributed by atoms with Crippen LogP contribution in [0, 0.1) is 5.41 Å². The summed E-state index contributed by atoms with van der Waals surface area (Å²) >= 11 is 0. The van der Waals surface area contributed by atoms with Crippen LogP contribution < -0.4 is 11.1 Å². The van der Waals surface area contributed by atoms with Crippen LogP contribution in [0.5, 0.6) is 0 Å². The molecule has 4 heteroatoms. The molecule has 0 aliphatic heterocycles. The molecule has 0 atom stereocenters. The SMILES string of the molecule is CCC1(CNCc2cccc(/C(N)=N/O)c2)CC1. The Morgan fingerprint density at radius 3 is 2.89 bits per heavy atom. The number of nitrogens with two attached hydrogens (primary N) is 1. The molecule has 98 valence electrons. The van der Waals surface area contributed by atoms with Gasteiger partial charge < -0.3 is 16.3 Å². The normalized spacial score (nSPS) is 17.7. The molecule has 18 heavy (non-hydrogen) atoms. The lowest BCUT2D eigenvalue weighted by Crippen LogP contribution is -2.23. The molecule has 0 aromatic heterocycles. The second kappa shape index (κ2) is 5.40. The molecule has 1 fully saturated rings. The van der Waals surface area contributed by atoms with E-state index in [4.69, 9.17) is 10.9 Å². The van der Waals surface area contributed by atoms with E-state index in [1.807, 2.05) is 24.3 Å². The molecule has 0 bridgehead atoms. The third-order valence-corrected chi connectivity index (χ3v) is 3.87. The highest BCUT2D eigenvalue weighted by Crippen LogP contribution is 2.47. The van der Waals surface area contributed by atoms with E-state index in [9.17, 15) is 0 Å². The third kappa shape index (κ3) is 3.01. The van der Waals surface area contributed by atoms with Gasteiger partial charge in [0.25, 0.3) is 0 Å². The zero-order valence-electron chi connectivity index (χ0n) is 10.8. The van der Waals surface area contributed by atoms with Crippen molar-refractivity contribution in [1.29, 1.82) is 0 Å². The Kier molecular flexibility index (Phi) is 3.87. The van der Waals surface area contributed by atoms with Crippen molar-refractivity contribution in [1.82, 2.24) is 5.32 Å². The van der Waals surface area contributed by atoms with Gasteiger partial charge in [-0.05, 0) is 36.3 Å². The minimum Gasteiger partial charge on any atom is -0.409 e. The molecular weight excluding hydrogens is 226 g/mol. The standard InChI is InChI=1S/C14H21N3O/c1-2-14(6-7-14)10-16-9-11-4-3-5-12(8-11)13(15)17-18/h3-5,8,16,18H,2,6-7,9-10H2,1H3,(H2,15,17). The summed E-state index contributed by atoms with van der Waals surface area (Å²) in [5.74, 6) is 0.157. The lowest BCUT2D eigenvalue weighted by Gasteiger charge is -2.13. The van der Waals surface area contributed by atoms with Crippen LogP contribution in [-0.4, -0.2) is 17.6 Å². The summed E-state index contributed by atoms with van der Waals surface area (Å²) in [4.78, 5) is 0. The molecule has 1 aliphatic carbocycles. The fourth-order valence-corrected chi connectivity index (χ4v) is 2.20. The lowest BCUT2D eigenvalue weighted by atomic mass is 10.0. The van der Waals surface area contributed by atoms with Gasteiger partial charge in [0.05, 0.1) is 0 Å². The molecule has 0 saturated heterocycles. The number of oxime groups is 1. The van der Waals surface area contributed by atoms with Gasteiger partial charge in [-0.3, -0.25) is 0 Å². The van der Waals surface area contributed by atoms with Crippen molar-refractivity contribution >= 4 is 5.84 Å². The highest BCUT2D eigenvalue weighted by atomic mass is 16.4. The first-order valence-corrected chi connectivity index (χ1v) is 6.47. The summed E-state index contributed by atoms with van der Waals surface area (Å²) in [5.41, 5.74) is 8.05. The molecule has 4 N–H and O–H groups in total. The third-order valence-electron chi connectivity index (χ3n) is 3.87. The smallest absolute Gasteiger partial charge is 0.170 e. The second-order valence-electron chi connectivity index (χ2n) is 5.14. The molecule has 1 aromatic carbocycles. The van der Waals surface area contributed by atoms with Gasteiger partial charge in [0.15, 0.2) is 5.84 Å². The summed E-state index contributed by atoms with van der Waals surface area (Å²) in [6, 6.07) is 7.77. The van der Waals surface area contributed by atoms with Crippen LogP contribution in [0.15, 0.2) is 29.4 Å². The van der Waals surface area contributed by atoms with Gasteiger partial charge in [-0.15, -0.1) is 0 Å². The van der Waals surface area contributed by atoms with Gasteiger partial charge in [0.2, 0.25) is 0 Å². The van der Waals surface area contributed by atoms with Crippen LogP contribution in [0.4, 0.5) is 0 Å². The Balaban J connectivity index is 1.89. The summed E-state index contributed by atoms with van der Waals surface area (Å²) < 4.78 is 0. The highest BCUT2D eigenvalue weighted by molar-refractivity contribution is 5.97. The molecule has 1 aromatic rings. The van der Waals surface area contributed by atoms with E-state index in [1.165, 1.54) is 19.3 Å². The summed E-state index contributed by atoms with van der Waals surface area (Å²) in [6.45, 7) is 4.17. The molecule has 4 nitrogen and oxygen atoms in total. The number of rotatable bonds is 6. The number of nitrogens with one attached hydrogen (secondary N) is 1. The van der Waals surface area contributed by atoms with Crippen molar-refractivity contribution in [2.45, 2.75) is 32.7 Å². The first-order chi connectivity index (χ1) is 8.69. The van der Waals surface area contributed by atoms with Crippen LogP contribution in [0.2, 0.25) is 0 Å². The van der Waals surface area contributed by atoms with Crippen molar-refractivity contribution in [2.75, 3.05) is 6.54 Å². The minimum absolute atomic E-state index is 0.157. The average molecular weight is 247 g/mol. The molecule has 2 rings (SSSR count). The van der Waals surface area contributed by atoms with E-state index in [0.29, 0.717) is 5.41 Å².